The molecule has 3 aromatic carbocycles. The molecule has 0 saturated carbocycles. The van der Waals surface area contributed by atoms with Crippen molar-refractivity contribution in [2.24, 2.45) is 0 Å². The van der Waals surface area contributed by atoms with Crippen molar-refractivity contribution >= 4 is 33.5 Å². The maximum absolute atomic E-state index is 12.7. The summed E-state index contributed by atoms with van der Waals surface area (Å²) >= 11 is 0. The average Bonchev–Trinajstić information content (AvgIpc) is 2.74. The minimum atomic E-state index is -4.33. The summed E-state index contributed by atoms with van der Waals surface area (Å²) < 4.78 is 27.4. The van der Waals surface area contributed by atoms with Gasteiger partial charge in [0.25, 0.3) is 21.8 Å². The van der Waals surface area contributed by atoms with E-state index in [9.17, 15) is 22.8 Å². The lowest BCUT2D eigenvalue weighted by atomic mass is 10.2. The molecule has 2 amide bonds. The van der Waals surface area contributed by atoms with E-state index < -0.39 is 27.8 Å². The summed E-state index contributed by atoms with van der Waals surface area (Å²) in [6.07, 6.45) is 0. The molecule has 0 atom stereocenters. The average molecular weight is 424 g/mol. The van der Waals surface area contributed by atoms with Crippen LogP contribution in [0.15, 0.2) is 83.8 Å². The van der Waals surface area contributed by atoms with Gasteiger partial charge in [0, 0.05) is 11.3 Å². The SMILES string of the molecule is O=C(O)c1ccc(NC(=O)c2ccccc2S(=O)(=O)NC(=O)c2ccccc2)cc1. The number of aromatic carboxylic acids is 1. The number of anilines is 1. The number of carbonyl (C=O) groups is 3. The van der Waals surface area contributed by atoms with Gasteiger partial charge in [-0.1, -0.05) is 30.3 Å². The van der Waals surface area contributed by atoms with Crippen molar-refractivity contribution in [2.75, 3.05) is 5.32 Å². The molecule has 0 aliphatic heterocycles. The van der Waals surface area contributed by atoms with Crippen LogP contribution in [0.5, 0.6) is 0 Å². The molecular formula is C21H16N2O6S. The minimum Gasteiger partial charge on any atom is -0.478 e. The van der Waals surface area contributed by atoms with E-state index in [0.717, 1.165) is 0 Å². The first kappa shape index (κ1) is 20.7. The zero-order valence-corrected chi connectivity index (χ0v) is 16.2. The third-order valence-corrected chi connectivity index (χ3v) is 5.46. The predicted molar refractivity (Wildman–Crippen MR) is 109 cm³/mol. The van der Waals surface area contributed by atoms with Gasteiger partial charge in [-0.15, -0.1) is 0 Å². The largest absolute Gasteiger partial charge is 0.478 e. The molecule has 9 heteroatoms. The molecule has 0 saturated heterocycles. The van der Waals surface area contributed by atoms with Gasteiger partial charge < -0.3 is 10.4 Å². The highest BCUT2D eigenvalue weighted by molar-refractivity contribution is 7.90. The number of carbonyl (C=O) groups excluding carboxylic acids is 2. The molecule has 8 nitrogen and oxygen atoms in total. The van der Waals surface area contributed by atoms with Crippen molar-refractivity contribution in [3.63, 3.8) is 0 Å². The number of hydrogen-bond donors (Lipinski definition) is 3. The summed E-state index contributed by atoms with van der Waals surface area (Å²) in [5.41, 5.74) is 0.305. The van der Waals surface area contributed by atoms with Gasteiger partial charge >= 0.3 is 5.97 Å². The Morgan fingerprint density at radius 3 is 1.93 bits per heavy atom. The number of sulfonamides is 1. The van der Waals surface area contributed by atoms with Crippen molar-refractivity contribution in [3.05, 3.63) is 95.6 Å². The lowest BCUT2D eigenvalue weighted by molar-refractivity contribution is 0.0696. The highest BCUT2D eigenvalue weighted by atomic mass is 32.2. The molecule has 0 spiro atoms. The third kappa shape index (κ3) is 4.70. The Morgan fingerprint density at radius 2 is 1.30 bits per heavy atom. The number of amides is 2. The van der Waals surface area contributed by atoms with Crippen LogP contribution in [0, 0.1) is 0 Å². The van der Waals surface area contributed by atoms with Crippen LogP contribution in [-0.2, 0) is 10.0 Å². The molecule has 0 radical (unpaired) electrons. The Kier molecular flexibility index (Phi) is 5.93. The fourth-order valence-electron chi connectivity index (χ4n) is 2.61. The van der Waals surface area contributed by atoms with E-state index >= 15 is 0 Å². The summed E-state index contributed by atoms with van der Waals surface area (Å²) in [7, 11) is -4.33. The van der Waals surface area contributed by atoms with Crippen LogP contribution in [0.2, 0.25) is 0 Å². The first-order chi connectivity index (χ1) is 14.3. The normalized spacial score (nSPS) is 10.8. The number of rotatable bonds is 6. The Balaban J connectivity index is 1.84. The van der Waals surface area contributed by atoms with Crippen molar-refractivity contribution in [3.8, 4) is 0 Å². The number of carboxylic acid groups (broad SMARTS) is 1. The monoisotopic (exact) mass is 424 g/mol. The first-order valence-corrected chi connectivity index (χ1v) is 10.1. The molecule has 3 rings (SSSR count). The van der Waals surface area contributed by atoms with Gasteiger partial charge in [-0.25, -0.2) is 17.9 Å². The third-order valence-electron chi connectivity index (χ3n) is 4.07. The van der Waals surface area contributed by atoms with Crippen molar-refractivity contribution in [1.29, 1.82) is 0 Å². The van der Waals surface area contributed by atoms with Crippen molar-refractivity contribution < 1.29 is 27.9 Å². The summed E-state index contributed by atoms with van der Waals surface area (Å²) in [4.78, 5) is 35.5. The molecule has 0 heterocycles. The van der Waals surface area contributed by atoms with Gasteiger partial charge in [-0.05, 0) is 48.5 Å². The predicted octanol–water partition coefficient (Wildman–Crippen LogP) is 2.76. The summed E-state index contributed by atoms with van der Waals surface area (Å²) in [6, 6.07) is 18.6. The van der Waals surface area contributed by atoms with Gasteiger partial charge in [-0.3, -0.25) is 9.59 Å². The second-order valence-electron chi connectivity index (χ2n) is 6.13. The number of nitrogens with one attached hydrogen (secondary N) is 2. The van der Waals surface area contributed by atoms with Crippen LogP contribution in [0.25, 0.3) is 0 Å². The molecule has 0 fully saturated rings. The number of carboxylic acids is 1. The van der Waals surface area contributed by atoms with Gasteiger partial charge in [0.15, 0.2) is 0 Å². The molecule has 0 aliphatic carbocycles. The molecule has 0 bridgehead atoms. The zero-order valence-electron chi connectivity index (χ0n) is 15.4. The standard InChI is InChI=1S/C21H16N2O6S/c24-19(14-6-2-1-3-7-14)23-30(28,29)18-9-5-4-8-17(18)20(25)22-16-12-10-15(11-13-16)21(26)27/h1-13H,(H,22,25)(H,23,24)(H,26,27). The molecule has 0 unspecified atom stereocenters. The van der Waals surface area contributed by atoms with Crippen LogP contribution < -0.4 is 10.0 Å². The van der Waals surface area contributed by atoms with Crippen LogP contribution >= 0.6 is 0 Å². The molecular weight excluding hydrogens is 408 g/mol. The topological polar surface area (TPSA) is 130 Å². The van der Waals surface area contributed by atoms with Crippen LogP contribution in [-0.4, -0.2) is 31.3 Å². The summed E-state index contributed by atoms with van der Waals surface area (Å²) in [5.74, 6) is -2.67. The van der Waals surface area contributed by atoms with Crippen molar-refractivity contribution in [2.45, 2.75) is 4.90 Å². The summed E-state index contributed by atoms with van der Waals surface area (Å²) in [6.45, 7) is 0. The lowest BCUT2D eigenvalue weighted by Gasteiger charge is -2.12. The Labute approximate surface area is 172 Å². The van der Waals surface area contributed by atoms with Crippen LogP contribution in [0.4, 0.5) is 5.69 Å². The first-order valence-electron chi connectivity index (χ1n) is 8.64. The quantitative estimate of drug-likeness (QED) is 0.558. The maximum atomic E-state index is 12.7. The van der Waals surface area contributed by atoms with Gasteiger partial charge in [0.2, 0.25) is 0 Å². The maximum Gasteiger partial charge on any atom is 0.335 e. The summed E-state index contributed by atoms with van der Waals surface area (Å²) in [5, 5.41) is 11.4. The van der Waals surface area contributed by atoms with E-state index in [1.54, 1.807) is 18.2 Å². The smallest absolute Gasteiger partial charge is 0.335 e. The van der Waals surface area contributed by atoms with Gasteiger partial charge in [-0.2, -0.15) is 0 Å². The molecule has 30 heavy (non-hydrogen) atoms. The van der Waals surface area contributed by atoms with E-state index in [2.05, 4.69) is 5.32 Å². The lowest BCUT2D eigenvalue weighted by Crippen LogP contribution is -2.32. The minimum absolute atomic E-state index is 0.0413. The molecule has 0 aliphatic rings. The Morgan fingerprint density at radius 1 is 0.700 bits per heavy atom. The number of benzene rings is 3. The molecule has 0 aromatic heterocycles. The second-order valence-corrected chi connectivity index (χ2v) is 7.78. The Hall–Kier alpha value is -3.98. The van der Waals surface area contributed by atoms with E-state index in [-0.39, 0.29) is 27.3 Å². The van der Waals surface area contributed by atoms with Crippen LogP contribution in [0.1, 0.15) is 31.1 Å². The van der Waals surface area contributed by atoms with Crippen molar-refractivity contribution in [1.82, 2.24) is 4.72 Å². The van der Waals surface area contributed by atoms with Gasteiger partial charge in [0.05, 0.1) is 11.1 Å². The van der Waals surface area contributed by atoms with E-state index in [1.807, 2.05) is 4.72 Å². The Bertz CT molecular complexity index is 1210. The van der Waals surface area contributed by atoms with E-state index in [4.69, 9.17) is 5.11 Å². The van der Waals surface area contributed by atoms with E-state index in [1.165, 1.54) is 60.7 Å². The highest BCUT2D eigenvalue weighted by Crippen LogP contribution is 2.18. The fourth-order valence-corrected chi connectivity index (χ4v) is 3.79. The molecule has 152 valence electrons. The van der Waals surface area contributed by atoms with Crippen LogP contribution in [0.3, 0.4) is 0 Å². The molecule has 3 N–H and O–H groups in total. The van der Waals surface area contributed by atoms with E-state index in [0.29, 0.717) is 0 Å². The second kappa shape index (κ2) is 8.58. The number of hydrogen-bond acceptors (Lipinski definition) is 5. The fraction of sp³-hybridized carbons (Fsp3) is 0. The zero-order chi connectivity index (χ0) is 21.7. The van der Waals surface area contributed by atoms with Gasteiger partial charge in [0.1, 0.15) is 4.90 Å². The molecule has 3 aromatic rings. The highest BCUT2D eigenvalue weighted by Gasteiger charge is 2.24.